The van der Waals surface area contributed by atoms with Crippen LogP contribution >= 0.6 is 11.6 Å². The molecule has 3 unspecified atom stereocenters. The molecule has 0 radical (unpaired) electrons. The van der Waals surface area contributed by atoms with E-state index in [0.29, 0.717) is 29.6 Å². The second-order valence-electron chi connectivity index (χ2n) is 6.25. The first kappa shape index (κ1) is 15.6. The Morgan fingerprint density at radius 2 is 2.25 bits per heavy atom. The van der Waals surface area contributed by atoms with E-state index in [2.05, 4.69) is 43.0 Å². The largest absolute Gasteiger partial charge is 0.377 e. The SMILES string of the molecule is C=C(Cl)CN=C(NCC)NC1C2CCCOC2C1(C)C. The van der Waals surface area contributed by atoms with Crippen molar-refractivity contribution in [3.05, 3.63) is 11.6 Å². The van der Waals surface area contributed by atoms with Gasteiger partial charge in [0.2, 0.25) is 0 Å². The van der Waals surface area contributed by atoms with Crippen molar-refractivity contribution in [3.8, 4) is 0 Å². The zero-order valence-electron chi connectivity index (χ0n) is 12.7. The fourth-order valence-corrected chi connectivity index (χ4v) is 3.51. The lowest BCUT2D eigenvalue weighted by Gasteiger charge is -2.60. The van der Waals surface area contributed by atoms with Gasteiger partial charge in [-0.2, -0.15) is 0 Å². The molecule has 0 aromatic rings. The highest BCUT2D eigenvalue weighted by molar-refractivity contribution is 6.29. The highest BCUT2D eigenvalue weighted by Gasteiger charge is 2.58. The smallest absolute Gasteiger partial charge is 0.191 e. The van der Waals surface area contributed by atoms with Gasteiger partial charge in [0.05, 0.1) is 12.6 Å². The van der Waals surface area contributed by atoms with Crippen molar-refractivity contribution in [2.24, 2.45) is 16.3 Å². The van der Waals surface area contributed by atoms with Crippen LogP contribution in [0.5, 0.6) is 0 Å². The van der Waals surface area contributed by atoms with Gasteiger partial charge < -0.3 is 15.4 Å². The predicted molar refractivity (Wildman–Crippen MR) is 84.1 cm³/mol. The molecule has 0 amide bonds. The summed E-state index contributed by atoms with van der Waals surface area (Å²) in [6.45, 7) is 12.4. The van der Waals surface area contributed by atoms with Crippen LogP contribution in [-0.4, -0.2) is 37.8 Å². The molecule has 0 spiro atoms. The van der Waals surface area contributed by atoms with E-state index in [9.17, 15) is 0 Å². The molecule has 2 N–H and O–H groups in total. The number of nitrogens with zero attached hydrogens (tertiary/aromatic N) is 1. The molecular weight excluding hydrogens is 274 g/mol. The molecule has 3 atom stereocenters. The normalized spacial score (nSPS) is 32.0. The van der Waals surface area contributed by atoms with Crippen LogP contribution in [0.25, 0.3) is 0 Å². The molecule has 2 fully saturated rings. The minimum Gasteiger partial charge on any atom is -0.377 e. The number of hydrogen-bond acceptors (Lipinski definition) is 2. The topological polar surface area (TPSA) is 45.7 Å². The van der Waals surface area contributed by atoms with Gasteiger partial charge in [0.15, 0.2) is 5.96 Å². The van der Waals surface area contributed by atoms with Crippen LogP contribution in [0.1, 0.15) is 33.6 Å². The Labute approximate surface area is 127 Å². The molecule has 1 heterocycles. The molecule has 1 saturated heterocycles. The molecule has 0 aromatic carbocycles. The molecule has 4 nitrogen and oxygen atoms in total. The Morgan fingerprint density at radius 1 is 1.50 bits per heavy atom. The van der Waals surface area contributed by atoms with Gasteiger partial charge in [-0.25, -0.2) is 4.99 Å². The Balaban J connectivity index is 2.02. The Kier molecular flexibility index (Phi) is 4.97. The summed E-state index contributed by atoms with van der Waals surface area (Å²) in [4.78, 5) is 4.46. The Bertz CT molecular complexity index is 395. The summed E-state index contributed by atoms with van der Waals surface area (Å²) < 4.78 is 5.93. The first-order valence-corrected chi connectivity index (χ1v) is 7.84. The van der Waals surface area contributed by atoms with Crippen molar-refractivity contribution in [1.82, 2.24) is 10.6 Å². The van der Waals surface area contributed by atoms with Crippen molar-refractivity contribution in [2.45, 2.75) is 45.8 Å². The molecule has 2 aliphatic rings. The highest BCUT2D eigenvalue weighted by atomic mass is 35.5. The minimum absolute atomic E-state index is 0.138. The maximum atomic E-state index is 5.93. The van der Waals surface area contributed by atoms with Crippen LogP contribution in [0, 0.1) is 11.3 Å². The lowest BCUT2D eigenvalue weighted by Crippen LogP contribution is -2.71. The minimum atomic E-state index is 0.138. The number of guanidine groups is 1. The van der Waals surface area contributed by atoms with E-state index in [0.717, 1.165) is 25.5 Å². The van der Waals surface area contributed by atoms with Crippen molar-refractivity contribution in [2.75, 3.05) is 19.7 Å². The molecule has 1 saturated carbocycles. The second kappa shape index (κ2) is 6.35. The van der Waals surface area contributed by atoms with Crippen LogP contribution in [0.2, 0.25) is 0 Å². The van der Waals surface area contributed by atoms with E-state index in [1.54, 1.807) is 0 Å². The molecule has 20 heavy (non-hydrogen) atoms. The van der Waals surface area contributed by atoms with Crippen molar-refractivity contribution in [1.29, 1.82) is 0 Å². The monoisotopic (exact) mass is 299 g/mol. The summed E-state index contributed by atoms with van der Waals surface area (Å²) in [6, 6.07) is 0.397. The zero-order chi connectivity index (χ0) is 14.8. The molecule has 0 bridgehead atoms. The van der Waals surface area contributed by atoms with Gasteiger partial charge in [-0.05, 0) is 19.8 Å². The van der Waals surface area contributed by atoms with Crippen LogP contribution in [0.4, 0.5) is 0 Å². The summed E-state index contributed by atoms with van der Waals surface area (Å²) in [5.74, 6) is 1.40. The van der Waals surface area contributed by atoms with E-state index in [-0.39, 0.29) is 5.41 Å². The number of ether oxygens (including phenoxy) is 1. The number of rotatable bonds is 4. The lowest BCUT2D eigenvalue weighted by atomic mass is 9.55. The predicted octanol–water partition coefficient (Wildman–Crippen LogP) is 2.50. The summed E-state index contributed by atoms with van der Waals surface area (Å²) in [7, 11) is 0. The fraction of sp³-hybridized carbons (Fsp3) is 0.800. The lowest BCUT2D eigenvalue weighted by molar-refractivity contribution is -0.188. The average Bonchev–Trinajstić information content (AvgIpc) is 2.41. The maximum absolute atomic E-state index is 5.93. The maximum Gasteiger partial charge on any atom is 0.191 e. The number of fused-ring (bicyclic) bond motifs is 1. The second-order valence-corrected chi connectivity index (χ2v) is 6.79. The van der Waals surface area contributed by atoms with Crippen LogP contribution in [-0.2, 0) is 4.74 Å². The van der Waals surface area contributed by atoms with Gasteiger partial charge in [-0.1, -0.05) is 32.0 Å². The van der Waals surface area contributed by atoms with Crippen LogP contribution < -0.4 is 10.6 Å². The third-order valence-corrected chi connectivity index (χ3v) is 4.50. The number of aliphatic imine (C=N–C) groups is 1. The summed E-state index contributed by atoms with van der Waals surface area (Å²) in [6.07, 6.45) is 2.76. The van der Waals surface area contributed by atoms with Crippen LogP contribution in [0.3, 0.4) is 0 Å². The van der Waals surface area contributed by atoms with Crippen LogP contribution in [0.15, 0.2) is 16.6 Å². The van der Waals surface area contributed by atoms with E-state index >= 15 is 0 Å². The number of halogens is 1. The standard InChI is InChI=1S/C15H26ClN3O/c1-5-17-14(18-9-10(2)16)19-12-11-7-6-8-20-13(11)15(12,3)4/h11-13H,2,5-9H2,1,3-4H3,(H2,17,18,19). The van der Waals surface area contributed by atoms with E-state index in [1.807, 2.05) is 0 Å². The molecular formula is C15H26ClN3O. The molecule has 114 valence electrons. The number of hydrogen-bond donors (Lipinski definition) is 2. The number of nitrogens with one attached hydrogen (secondary N) is 2. The quantitative estimate of drug-likeness (QED) is 0.619. The van der Waals surface area contributed by atoms with E-state index in [4.69, 9.17) is 16.3 Å². The van der Waals surface area contributed by atoms with Gasteiger partial charge in [-0.15, -0.1) is 0 Å². The summed E-state index contributed by atoms with van der Waals surface area (Å²) in [5, 5.41) is 7.38. The van der Waals surface area contributed by atoms with Gasteiger partial charge in [0, 0.05) is 35.6 Å². The van der Waals surface area contributed by atoms with E-state index < -0.39 is 0 Å². The van der Waals surface area contributed by atoms with Gasteiger partial charge >= 0.3 is 0 Å². The van der Waals surface area contributed by atoms with Gasteiger partial charge in [-0.3, -0.25) is 0 Å². The van der Waals surface area contributed by atoms with Crippen molar-refractivity contribution < 1.29 is 4.74 Å². The Morgan fingerprint density at radius 3 is 2.90 bits per heavy atom. The summed E-state index contributed by atoms with van der Waals surface area (Å²) >= 11 is 5.80. The van der Waals surface area contributed by atoms with Gasteiger partial charge in [0.1, 0.15) is 0 Å². The highest BCUT2D eigenvalue weighted by Crippen LogP contribution is 2.51. The zero-order valence-corrected chi connectivity index (χ0v) is 13.5. The molecule has 2 rings (SSSR count). The third kappa shape index (κ3) is 3.12. The summed E-state index contributed by atoms with van der Waals surface area (Å²) in [5.41, 5.74) is 0.138. The Hall–Kier alpha value is -0.740. The van der Waals surface area contributed by atoms with Crippen molar-refractivity contribution >= 4 is 17.6 Å². The first-order chi connectivity index (χ1) is 9.46. The van der Waals surface area contributed by atoms with Gasteiger partial charge in [0.25, 0.3) is 0 Å². The average molecular weight is 300 g/mol. The molecule has 1 aliphatic carbocycles. The molecule has 1 aliphatic heterocycles. The fourth-order valence-electron chi connectivity index (χ4n) is 3.45. The third-order valence-electron chi connectivity index (χ3n) is 4.38. The van der Waals surface area contributed by atoms with Crippen molar-refractivity contribution in [3.63, 3.8) is 0 Å². The molecule has 5 heteroatoms. The molecule has 0 aromatic heterocycles. The van der Waals surface area contributed by atoms with E-state index in [1.165, 1.54) is 6.42 Å². The first-order valence-electron chi connectivity index (χ1n) is 7.46.